The van der Waals surface area contributed by atoms with Gasteiger partial charge in [0.2, 0.25) is 0 Å². The van der Waals surface area contributed by atoms with Crippen LogP contribution in [0.3, 0.4) is 0 Å². The second-order valence-electron chi connectivity index (χ2n) is 5.35. The molecule has 4 nitrogen and oxygen atoms in total. The predicted octanol–water partition coefficient (Wildman–Crippen LogP) is 3.94. The van der Waals surface area contributed by atoms with E-state index in [2.05, 4.69) is 15.9 Å². The zero-order chi connectivity index (χ0) is 16.7. The Morgan fingerprint density at radius 2 is 1.38 bits per heavy atom. The molecule has 1 aliphatic rings. The number of fused-ring (bicyclic) bond motifs is 1. The van der Waals surface area contributed by atoms with Gasteiger partial charge in [-0.15, -0.1) is 15.6 Å². The molecule has 3 aromatic rings. The number of thiol groups is 1. The fourth-order valence-electron chi connectivity index (χ4n) is 2.79. The van der Waals surface area contributed by atoms with E-state index in [-0.39, 0.29) is 0 Å². The number of nitrogens with zero attached hydrogens (tertiary/aromatic N) is 2. The topological polar surface area (TPSA) is 53.9 Å². The number of aromatic nitrogens is 2. The van der Waals surface area contributed by atoms with E-state index in [0.717, 1.165) is 19.5 Å². The Balaban J connectivity index is 2.11. The van der Waals surface area contributed by atoms with Crippen molar-refractivity contribution >= 4 is 37.9 Å². The molecule has 0 radical (unpaired) electrons. The molecule has 24 heavy (non-hydrogen) atoms. The van der Waals surface area contributed by atoms with Crippen molar-refractivity contribution in [2.75, 3.05) is 0 Å². The first-order valence-electron chi connectivity index (χ1n) is 7.34. The fraction of sp³-hybridized carbons (Fsp3) is 0. The van der Waals surface area contributed by atoms with Crippen LogP contribution in [0.5, 0.6) is 0 Å². The normalized spacial score (nSPS) is 14.6. The third-order valence-electron chi connectivity index (χ3n) is 3.89. The summed E-state index contributed by atoms with van der Waals surface area (Å²) in [4.78, 5) is 0. The van der Waals surface area contributed by atoms with E-state index in [9.17, 15) is 10.4 Å². The van der Waals surface area contributed by atoms with Gasteiger partial charge in [0.15, 0.2) is 0 Å². The van der Waals surface area contributed by atoms with Gasteiger partial charge in [-0.05, 0) is 35.1 Å². The Morgan fingerprint density at radius 1 is 0.792 bits per heavy atom. The second kappa shape index (κ2) is 5.96. The minimum atomic E-state index is -0.946. The Bertz CT molecular complexity index is 988. The van der Waals surface area contributed by atoms with Gasteiger partial charge in [-0.1, -0.05) is 40.2 Å². The molecule has 120 valence electrons. The summed E-state index contributed by atoms with van der Waals surface area (Å²) in [5.74, 6) is 0. The number of rotatable bonds is 2. The number of para-hydroxylation sites is 2. The van der Waals surface area contributed by atoms with Gasteiger partial charge < -0.3 is 10.4 Å². The second-order valence-corrected chi connectivity index (χ2v) is 8.10. The van der Waals surface area contributed by atoms with Gasteiger partial charge in [-0.2, -0.15) is 4.73 Å². The Labute approximate surface area is 150 Å². The van der Waals surface area contributed by atoms with Gasteiger partial charge in [0.05, 0.1) is 5.56 Å². The monoisotopic (exact) mass is 400 g/mol. The lowest BCUT2D eigenvalue weighted by molar-refractivity contribution is -0.653. The fourth-order valence-corrected chi connectivity index (χ4v) is 4.78. The molecule has 2 heterocycles. The summed E-state index contributed by atoms with van der Waals surface area (Å²) in [5.41, 5.74) is 1.91. The molecule has 0 bridgehead atoms. The standard InChI is InChI=1S/C18H13BrN2O2S/c19-14-9-7-13(8-10-14)17-18(24-11-3-4-12-24)21(23)16-6-2-1-5-15(16)20(17)22/h1-12,24H. The molecular formula is C18H13BrN2O2S. The highest BCUT2D eigenvalue weighted by Gasteiger charge is 2.32. The Kier molecular flexibility index (Phi) is 3.78. The van der Waals surface area contributed by atoms with E-state index in [0.29, 0.717) is 21.8 Å². The molecule has 0 fully saturated rings. The average molecular weight is 401 g/mol. The van der Waals surface area contributed by atoms with Gasteiger partial charge in [-0.3, -0.25) is 0 Å². The van der Waals surface area contributed by atoms with Crippen molar-refractivity contribution in [3.05, 3.63) is 86.4 Å². The molecule has 0 saturated carbocycles. The molecule has 1 aliphatic heterocycles. The van der Waals surface area contributed by atoms with Gasteiger partial charge >= 0.3 is 10.7 Å². The third kappa shape index (κ3) is 2.39. The van der Waals surface area contributed by atoms with Crippen LogP contribution in [0.4, 0.5) is 0 Å². The maximum absolute atomic E-state index is 13.1. The number of allylic oxidation sites excluding steroid dienone is 2. The van der Waals surface area contributed by atoms with E-state index in [1.54, 1.807) is 24.3 Å². The van der Waals surface area contributed by atoms with Gasteiger partial charge in [0, 0.05) is 16.6 Å². The summed E-state index contributed by atoms with van der Waals surface area (Å²) < 4.78 is 2.71. The largest absolute Gasteiger partial charge is 0.617 e. The van der Waals surface area contributed by atoms with E-state index in [1.807, 2.05) is 47.2 Å². The minimum absolute atomic E-state index is 0.372. The van der Waals surface area contributed by atoms with Crippen molar-refractivity contribution in [2.45, 2.75) is 5.03 Å². The SMILES string of the molecule is [O-][n+]1c(-c2ccc(Br)cc2)c([SH]2C=CC=C2)[n+]([O-])c2ccccc21. The summed E-state index contributed by atoms with van der Waals surface area (Å²) in [6, 6.07) is 14.3. The lowest BCUT2D eigenvalue weighted by Gasteiger charge is -2.16. The molecule has 4 rings (SSSR count). The Hall–Kier alpha value is -2.31. The average Bonchev–Trinajstić information content (AvgIpc) is 3.13. The van der Waals surface area contributed by atoms with Crippen LogP contribution in [-0.4, -0.2) is 0 Å². The van der Waals surface area contributed by atoms with Crippen LogP contribution in [0.2, 0.25) is 0 Å². The van der Waals surface area contributed by atoms with Crippen molar-refractivity contribution in [3.63, 3.8) is 0 Å². The number of benzene rings is 2. The van der Waals surface area contributed by atoms with Crippen LogP contribution in [0, 0.1) is 10.4 Å². The highest BCUT2D eigenvalue weighted by atomic mass is 79.9. The van der Waals surface area contributed by atoms with Crippen LogP contribution >= 0.6 is 26.8 Å². The van der Waals surface area contributed by atoms with E-state index < -0.39 is 10.9 Å². The van der Waals surface area contributed by atoms with Crippen LogP contribution in [0.25, 0.3) is 22.3 Å². The van der Waals surface area contributed by atoms with Crippen molar-refractivity contribution in [2.24, 2.45) is 0 Å². The lowest BCUT2D eigenvalue weighted by Crippen LogP contribution is -2.42. The molecule has 2 aromatic carbocycles. The molecule has 0 aliphatic carbocycles. The summed E-state index contributed by atoms with van der Waals surface area (Å²) in [6.07, 6.45) is 3.84. The van der Waals surface area contributed by atoms with Crippen molar-refractivity contribution in [1.29, 1.82) is 0 Å². The quantitative estimate of drug-likeness (QED) is 0.402. The predicted molar refractivity (Wildman–Crippen MR) is 101 cm³/mol. The van der Waals surface area contributed by atoms with Crippen LogP contribution in [-0.2, 0) is 0 Å². The molecule has 0 saturated heterocycles. The molecule has 0 atom stereocenters. The number of halogens is 1. The highest BCUT2D eigenvalue weighted by Crippen LogP contribution is 2.44. The molecule has 0 unspecified atom stereocenters. The summed E-state index contributed by atoms with van der Waals surface area (Å²) in [7, 11) is -0.946. The van der Waals surface area contributed by atoms with Crippen molar-refractivity contribution < 1.29 is 9.46 Å². The van der Waals surface area contributed by atoms with Gasteiger partial charge in [0.1, 0.15) is 0 Å². The molecular weight excluding hydrogens is 388 g/mol. The van der Waals surface area contributed by atoms with Crippen molar-refractivity contribution in [3.8, 4) is 11.3 Å². The maximum atomic E-state index is 13.1. The molecule has 0 spiro atoms. The zero-order valence-corrected chi connectivity index (χ0v) is 14.9. The third-order valence-corrected chi connectivity index (χ3v) is 6.29. The van der Waals surface area contributed by atoms with E-state index in [4.69, 9.17) is 0 Å². The minimum Gasteiger partial charge on any atom is -0.617 e. The molecule has 0 N–H and O–H groups in total. The number of hydrogen-bond donors (Lipinski definition) is 1. The summed E-state index contributed by atoms with van der Waals surface area (Å²) >= 11 is 3.41. The molecule has 0 amide bonds. The first-order chi connectivity index (χ1) is 11.7. The van der Waals surface area contributed by atoms with Crippen molar-refractivity contribution in [1.82, 2.24) is 0 Å². The summed E-state index contributed by atoms with van der Waals surface area (Å²) in [5, 5.41) is 30.6. The number of hydrogen-bond acceptors (Lipinski definition) is 2. The Morgan fingerprint density at radius 3 is 2.00 bits per heavy atom. The van der Waals surface area contributed by atoms with Gasteiger partial charge in [-0.25, -0.2) is 0 Å². The van der Waals surface area contributed by atoms with E-state index in [1.165, 1.54) is 0 Å². The lowest BCUT2D eigenvalue weighted by atomic mass is 10.1. The van der Waals surface area contributed by atoms with Crippen LogP contribution in [0.1, 0.15) is 0 Å². The van der Waals surface area contributed by atoms with Crippen LogP contribution in [0.15, 0.2) is 81.0 Å². The van der Waals surface area contributed by atoms with Gasteiger partial charge in [0.25, 0.3) is 11.0 Å². The first-order valence-corrected chi connectivity index (χ1v) is 9.61. The molecule has 6 heteroatoms. The zero-order valence-electron chi connectivity index (χ0n) is 12.5. The van der Waals surface area contributed by atoms with Crippen LogP contribution < -0.4 is 9.46 Å². The van der Waals surface area contributed by atoms with E-state index >= 15 is 0 Å². The maximum Gasteiger partial charge on any atom is 0.313 e. The summed E-state index contributed by atoms with van der Waals surface area (Å²) in [6.45, 7) is 0. The first kappa shape index (κ1) is 15.2. The smallest absolute Gasteiger partial charge is 0.313 e. The molecule has 1 aromatic heterocycles. The highest BCUT2D eigenvalue weighted by molar-refractivity contribution is 9.10.